The van der Waals surface area contributed by atoms with Gasteiger partial charge in [0.25, 0.3) is 5.91 Å². The van der Waals surface area contributed by atoms with E-state index in [9.17, 15) is 25.2 Å². The molecule has 0 bridgehead atoms. The first-order chi connectivity index (χ1) is 28.4. The maximum atomic E-state index is 12.6. The lowest BCUT2D eigenvalue weighted by Crippen LogP contribution is -2.38. The number of carbonyl (C=O) groups is 1. The van der Waals surface area contributed by atoms with Gasteiger partial charge in [-0.05, 0) is 83.6 Å². The molecule has 6 rings (SSSR count). The summed E-state index contributed by atoms with van der Waals surface area (Å²) in [6.07, 6.45) is 8.04. The van der Waals surface area contributed by atoms with Gasteiger partial charge in [0.1, 0.15) is 17.6 Å². The van der Waals surface area contributed by atoms with Gasteiger partial charge >= 0.3 is 0 Å². The fraction of sp³-hybridized carbons (Fsp3) is 0.378. The zero-order chi connectivity index (χ0) is 40.9. The van der Waals surface area contributed by atoms with Gasteiger partial charge < -0.3 is 54.5 Å². The predicted octanol–water partition coefficient (Wildman–Crippen LogP) is 7.43. The Balaban J connectivity index is 0.894. The smallest absolute Gasteiger partial charge is 0.255 e. The first-order valence-electron chi connectivity index (χ1n) is 19.8. The van der Waals surface area contributed by atoms with Gasteiger partial charge in [0.2, 0.25) is 5.75 Å². The van der Waals surface area contributed by atoms with Crippen molar-refractivity contribution in [1.29, 1.82) is 0 Å². The van der Waals surface area contributed by atoms with E-state index in [-0.39, 0.29) is 32.3 Å². The summed E-state index contributed by atoms with van der Waals surface area (Å²) in [6.45, 7) is 0.0419. The number of anilines is 1. The monoisotopic (exact) mass is 795 g/mol. The third kappa shape index (κ3) is 10.1. The Morgan fingerprint density at radius 2 is 1.26 bits per heavy atom. The average molecular weight is 796 g/mol. The van der Waals surface area contributed by atoms with E-state index in [0.717, 1.165) is 62.6 Å². The number of benzene rings is 4. The Labute approximate surface area is 338 Å². The predicted molar refractivity (Wildman–Crippen MR) is 219 cm³/mol. The quantitative estimate of drug-likeness (QED) is 0.0382. The Hall–Kier alpha value is -5.60. The minimum absolute atomic E-state index is 0.135. The molecule has 13 nitrogen and oxygen atoms in total. The third-order valence-corrected chi connectivity index (χ3v) is 10.4. The van der Waals surface area contributed by atoms with Crippen LogP contribution in [0.25, 0.3) is 22.6 Å². The number of hydrogen-bond acceptors (Lipinski definition) is 12. The van der Waals surface area contributed by atoms with Crippen LogP contribution < -0.4 is 29.6 Å². The number of hydrogen-bond donors (Lipinski definition) is 6. The molecule has 1 aliphatic rings. The molecule has 6 N–H and O–H groups in total. The number of aliphatic hydroxyl groups excluding tert-OH is 4. The molecule has 2 heterocycles. The molecule has 308 valence electrons. The van der Waals surface area contributed by atoms with Crippen LogP contribution in [0.4, 0.5) is 5.69 Å². The van der Waals surface area contributed by atoms with E-state index in [4.69, 9.17) is 23.5 Å². The molecule has 13 heteroatoms. The van der Waals surface area contributed by atoms with Crippen LogP contribution in [0.2, 0.25) is 0 Å². The van der Waals surface area contributed by atoms with Crippen molar-refractivity contribution < 1.29 is 48.7 Å². The summed E-state index contributed by atoms with van der Waals surface area (Å²) < 4.78 is 29.2. The molecule has 58 heavy (non-hydrogen) atoms. The Morgan fingerprint density at radius 1 is 0.638 bits per heavy atom. The molecule has 1 unspecified atom stereocenters. The average Bonchev–Trinajstić information content (AvgIpc) is 3.76. The van der Waals surface area contributed by atoms with Gasteiger partial charge in [-0.3, -0.25) is 4.79 Å². The standard InChI is InChI=1S/C45H53N3O10/c1-54-41-22-30(38-24-40(58-48-38)31-20-32(25-49)36(28-52)33(21-31)26-50)23-42(55-2)43(41)57-18-12-8-6-4-3-5-7-11-17-56-39-16-15-29(19-34(39)27-51)44-46-37-14-10-9-13-35(37)45(53)47-44/h9-10,13-16,19-24,44,46,49-52H,3-8,11-12,17-18,25-28H2,1-2H3,(H,47,53). The Kier molecular flexibility index (Phi) is 15.0. The van der Waals surface area contributed by atoms with E-state index in [1.807, 2.05) is 48.5 Å². The highest BCUT2D eigenvalue weighted by Crippen LogP contribution is 2.42. The summed E-state index contributed by atoms with van der Waals surface area (Å²) in [5.41, 5.74) is 6.26. The lowest BCUT2D eigenvalue weighted by atomic mass is 9.97. The number of unbranched alkanes of at least 4 members (excludes halogenated alkanes) is 7. The molecule has 1 amide bonds. The number of methoxy groups -OCH3 is 2. The molecule has 0 saturated carbocycles. The highest BCUT2D eigenvalue weighted by atomic mass is 16.5. The normalized spacial score (nSPS) is 13.4. The van der Waals surface area contributed by atoms with Crippen LogP contribution in [0.3, 0.4) is 0 Å². The molecular formula is C45H53N3O10. The number of para-hydroxylation sites is 1. The summed E-state index contributed by atoms with van der Waals surface area (Å²) in [4.78, 5) is 12.6. The van der Waals surface area contributed by atoms with E-state index >= 15 is 0 Å². The Morgan fingerprint density at radius 3 is 1.88 bits per heavy atom. The number of ether oxygens (including phenoxy) is 4. The van der Waals surface area contributed by atoms with Crippen molar-refractivity contribution in [2.24, 2.45) is 0 Å². The van der Waals surface area contributed by atoms with Crippen molar-refractivity contribution in [1.82, 2.24) is 10.5 Å². The van der Waals surface area contributed by atoms with Gasteiger partial charge in [-0.25, -0.2) is 0 Å². The summed E-state index contributed by atoms with van der Waals surface area (Å²) >= 11 is 0. The summed E-state index contributed by atoms with van der Waals surface area (Å²) in [7, 11) is 3.14. The molecule has 0 fully saturated rings. The number of nitrogens with zero attached hydrogens (tertiary/aromatic N) is 1. The highest BCUT2D eigenvalue weighted by Gasteiger charge is 2.25. The third-order valence-electron chi connectivity index (χ3n) is 10.4. The molecule has 1 atom stereocenters. The number of aromatic nitrogens is 1. The molecule has 1 aromatic heterocycles. The van der Waals surface area contributed by atoms with E-state index in [2.05, 4.69) is 15.8 Å². The molecule has 0 spiro atoms. The van der Waals surface area contributed by atoms with E-state index in [0.29, 0.717) is 86.6 Å². The van der Waals surface area contributed by atoms with Gasteiger partial charge in [0, 0.05) is 28.4 Å². The van der Waals surface area contributed by atoms with Crippen LogP contribution in [-0.2, 0) is 26.4 Å². The van der Waals surface area contributed by atoms with Gasteiger partial charge in [-0.1, -0.05) is 61.9 Å². The minimum Gasteiger partial charge on any atom is -0.493 e. The second kappa shape index (κ2) is 20.7. The molecule has 1 aliphatic heterocycles. The SMILES string of the molecule is COc1cc(-c2cc(-c3cc(CO)c(CO)c(CO)c3)on2)cc(OC)c1OCCCCCCCCCCOc1ccc(C2NC(=O)c3ccccc3N2)cc1CO. The number of carbonyl (C=O) groups excluding carboxylic acids is 1. The zero-order valence-electron chi connectivity index (χ0n) is 33.1. The molecule has 0 aliphatic carbocycles. The summed E-state index contributed by atoms with van der Waals surface area (Å²) in [5.74, 6) is 2.48. The number of fused-ring (bicyclic) bond motifs is 1. The number of amides is 1. The van der Waals surface area contributed by atoms with E-state index < -0.39 is 6.17 Å². The first-order valence-corrected chi connectivity index (χ1v) is 19.8. The van der Waals surface area contributed by atoms with Crippen LogP contribution in [0.5, 0.6) is 23.0 Å². The maximum Gasteiger partial charge on any atom is 0.255 e. The fourth-order valence-corrected chi connectivity index (χ4v) is 7.18. The summed E-state index contributed by atoms with van der Waals surface area (Å²) in [5, 5.41) is 49.9. The van der Waals surface area contributed by atoms with E-state index in [1.54, 1.807) is 38.5 Å². The molecule has 5 aromatic rings. The van der Waals surface area contributed by atoms with Crippen molar-refractivity contribution in [3.63, 3.8) is 0 Å². The van der Waals surface area contributed by atoms with Crippen LogP contribution in [-0.4, -0.2) is 58.9 Å². The second-order valence-corrected chi connectivity index (χ2v) is 14.2. The summed E-state index contributed by atoms with van der Waals surface area (Å²) in [6, 6.07) is 21.8. The first kappa shape index (κ1) is 42.0. The molecule has 4 aromatic carbocycles. The maximum absolute atomic E-state index is 12.6. The molecule has 0 saturated heterocycles. The van der Waals surface area contributed by atoms with Gasteiger partial charge in [0.15, 0.2) is 17.3 Å². The van der Waals surface area contributed by atoms with Crippen molar-refractivity contribution >= 4 is 11.6 Å². The number of nitrogens with one attached hydrogen (secondary N) is 2. The van der Waals surface area contributed by atoms with Crippen molar-refractivity contribution in [2.45, 2.75) is 84.0 Å². The minimum atomic E-state index is -0.390. The van der Waals surface area contributed by atoms with Crippen molar-refractivity contribution in [2.75, 3.05) is 32.8 Å². The number of rotatable bonds is 22. The van der Waals surface area contributed by atoms with Crippen LogP contribution in [0.1, 0.15) is 95.7 Å². The van der Waals surface area contributed by atoms with Crippen LogP contribution in [0.15, 0.2) is 77.3 Å². The largest absolute Gasteiger partial charge is 0.493 e. The molecular weight excluding hydrogens is 743 g/mol. The topological polar surface area (TPSA) is 185 Å². The van der Waals surface area contributed by atoms with Crippen LogP contribution in [0, 0.1) is 0 Å². The highest BCUT2D eigenvalue weighted by molar-refractivity contribution is 6.01. The zero-order valence-corrected chi connectivity index (χ0v) is 33.1. The van der Waals surface area contributed by atoms with E-state index in [1.165, 1.54) is 0 Å². The Bertz CT molecular complexity index is 2080. The van der Waals surface area contributed by atoms with Crippen molar-refractivity contribution in [3.8, 4) is 45.6 Å². The lowest BCUT2D eigenvalue weighted by molar-refractivity contribution is 0.0935. The number of aliphatic hydroxyl groups is 4. The van der Waals surface area contributed by atoms with Gasteiger partial charge in [0.05, 0.1) is 59.4 Å². The lowest BCUT2D eigenvalue weighted by Gasteiger charge is -2.28. The van der Waals surface area contributed by atoms with Gasteiger partial charge in [-0.15, -0.1) is 0 Å². The second-order valence-electron chi connectivity index (χ2n) is 14.2. The fourth-order valence-electron chi connectivity index (χ4n) is 7.18. The van der Waals surface area contributed by atoms with Gasteiger partial charge in [-0.2, -0.15) is 0 Å². The van der Waals surface area contributed by atoms with Crippen molar-refractivity contribution in [3.05, 3.63) is 106 Å². The molecule has 0 radical (unpaired) electrons. The van der Waals surface area contributed by atoms with Crippen LogP contribution >= 0.6 is 0 Å².